The molecule has 1 atom stereocenters. The van der Waals surface area contributed by atoms with Crippen LogP contribution in [0.5, 0.6) is 0 Å². The van der Waals surface area contributed by atoms with Crippen LogP contribution >= 0.6 is 11.3 Å². The lowest BCUT2D eigenvalue weighted by Crippen LogP contribution is -2.34. The zero-order chi connectivity index (χ0) is 18.9. The fourth-order valence-electron chi connectivity index (χ4n) is 3.36. The van der Waals surface area contributed by atoms with Gasteiger partial charge in [0.15, 0.2) is 11.4 Å². The van der Waals surface area contributed by atoms with Crippen LogP contribution in [0.25, 0.3) is 0 Å². The molecule has 26 heavy (non-hydrogen) atoms. The van der Waals surface area contributed by atoms with Crippen LogP contribution in [0.3, 0.4) is 0 Å². The summed E-state index contributed by atoms with van der Waals surface area (Å²) in [6, 6.07) is 2.21. The molecule has 6 nitrogen and oxygen atoms in total. The number of carbonyl (C=O) groups excluding carboxylic acids is 1. The van der Waals surface area contributed by atoms with E-state index in [9.17, 15) is 9.90 Å². The fourth-order valence-corrected chi connectivity index (χ4v) is 4.34. The highest BCUT2D eigenvalue weighted by atomic mass is 32.1. The third-order valence-electron chi connectivity index (χ3n) is 4.94. The van der Waals surface area contributed by atoms with E-state index in [0.717, 1.165) is 12.8 Å². The molecule has 1 amide bonds. The molecule has 3 rings (SSSR count). The normalized spacial score (nSPS) is 20.3. The number of β-amino-alcohol motifs (C(OH)–C–C–N with tert-alkyl or cyclic N) is 1. The maximum Gasteiger partial charge on any atom is 0.260 e. The molecule has 142 valence electrons. The predicted molar refractivity (Wildman–Crippen MR) is 100 cm³/mol. The van der Waals surface area contributed by atoms with Gasteiger partial charge in [-0.15, -0.1) is 11.3 Å². The van der Waals surface area contributed by atoms with Gasteiger partial charge < -0.3 is 14.5 Å². The maximum absolute atomic E-state index is 12.5. The largest absolute Gasteiger partial charge is 0.378 e. The first-order chi connectivity index (χ1) is 12.3. The third kappa shape index (κ3) is 3.99. The number of carbonyl (C=O) groups is 1. The Kier molecular flexibility index (Phi) is 5.48. The Hall–Kier alpha value is -1.73. The molecule has 0 unspecified atom stereocenters. The van der Waals surface area contributed by atoms with Gasteiger partial charge >= 0.3 is 0 Å². The summed E-state index contributed by atoms with van der Waals surface area (Å²) in [6.45, 7) is 8.93. The van der Waals surface area contributed by atoms with Crippen LogP contribution in [0.4, 0.5) is 0 Å². The molecular weight excluding hydrogens is 350 g/mol. The van der Waals surface area contributed by atoms with Crippen molar-refractivity contribution >= 4 is 17.2 Å². The number of aryl methyl sites for hydroxylation is 3. The summed E-state index contributed by atoms with van der Waals surface area (Å²) >= 11 is 1.80. The van der Waals surface area contributed by atoms with Crippen molar-refractivity contribution in [3.05, 3.63) is 33.1 Å². The molecule has 0 radical (unpaired) electrons. The molecule has 0 aromatic carbocycles. The average molecular weight is 378 g/mol. The Morgan fingerprint density at radius 1 is 1.46 bits per heavy atom. The Morgan fingerprint density at radius 3 is 2.85 bits per heavy atom. The lowest BCUT2D eigenvalue weighted by Gasteiger charge is -2.19. The van der Waals surface area contributed by atoms with E-state index in [1.807, 2.05) is 13.8 Å². The topological polar surface area (TPSA) is 79.5 Å². The number of aliphatic hydroxyl groups is 1. The number of aromatic nitrogens is 2. The quantitative estimate of drug-likeness (QED) is 0.835. The monoisotopic (exact) mass is 377 g/mol. The highest BCUT2D eigenvalue weighted by Gasteiger charge is 2.44. The molecule has 2 aromatic rings. The fraction of sp³-hybridized carbons (Fsp3) is 0.632. The van der Waals surface area contributed by atoms with Gasteiger partial charge in [-0.05, 0) is 38.3 Å². The van der Waals surface area contributed by atoms with E-state index >= 15 is 0 Å². The van der Waals surface area contributed by atoms with Crippen molar-refractivity contribution in [3.63, 3.8) is 0 Å². The highest BCUT2D eigenvalue weighted by Crippen LogP contribution is 2.32. The number of nitrogens with zero attached hydrogens (tertiary/aromatic N) is 3. The van der Waals surface area contributed by atoms with Gasteiger partial charge in [0.1, 0.15) is 0 Å². The summed E-state index contributed by atoms with van der Waals surface area (Å²) in [5.41, 5.74) is 0.113. The highest BCUT2D eigenvalue weighted by molar-refractivity contribution is 7.12. The van der Waals surface area contributed by atoms with Gasteiger partial charge in [-0.3, -0.25) is 4.79 Å². The molecular formula is C19H27N3O3S. The van der Waals surface area contributed by atoms with E-state index in [2.05, 4.69) is 30.1 Å². The van der Waals surface area contributed by atoms with E-state index in [0.29, 0.717) is 25.2 Å². The molecule has 0 spiro atoms. The second-order valence-electron chi connectivity index (χ2n) is 7.50. The van der Waals surface area contributed by atoms with Crippen molar-refractivity contribution in [1.29, 1.82) is 0 Å². The number of hydrogen-bond acceptors (Lipinski definition) is 6. The standard InChI is InChI=1S/C19H27N3O3S/c1-12(2)17-20-18(25-21-17)19(24)8-9-22(11-19)16(23)7-5-6-15-10-13(3)26-14(15)4/h10,12,24H,5-9,11H2,1-4H3/t19-/m0/s1. The van der Waals surface area contributed by atoms with Crippen molar-refractivity contribution in [1.82, 2.24) is 15.0 Å². The lowest BCUT2D eigenvalue weighted by atomic mass is 10.0. The number of amides is 1. The first kappa shape index (κ1) is 19.0. The van der Waals surface area contributed by atoms with E-state index in [1.165, 1.54) is 15.3 Å². The smallest absolute Gasteiger partial charge is 0.260 e. The van der Waals surface area contributed by atoms with Crippen LogP contribution < -0.4 is 0 Å². The summed E-state index contributed by atoms with van der Waals surface area (Å²) in [4.78, 5) is 21.2. The third-order valence-corrected chi connectivity index (χ3v) is 5.95. The zero-order valence-corrected chi connectivity index (χ0v) is 16.7. The van der Waals surface area contributed by atoms with E-state index in [-0.39, 0.29) is 24.3 Å². The van der Waals surface area contributed by atoms with Crippen LogP contribution in [0, 0.1) is 13.8 Å². The van der Waals surface area contributed by atoms with Gasteiger partial charge in [-0.25, -0.2) is 0 Å². The van der Waals surface area contributed by atoms with Crippen molar-refractivity contribution in [2.45, 2.75) is 64.9 Å². The summed E-state index contributed by atoms with van der Waals surface area (Å²) in [5, 5.41) is 14.8. The molecule has 3 heterocycles. The molecule has 1 saturated heterocycles. The van der Waals surface area contributed by atoms with Gasteiger partial charge in [0.25, 0.3) is 5.89 Å². The molecule has 0 saturated carbocycles. The maximum atomic E-state index is 12.5. The van der Waals surface area contributed by atoms with Crippen LogP contribution in [0.2, 0.25) is 0 Å². The lowest BCUT2D eigenvalue weighted by molar-refractivity contribution is -0.131. The Balaban J connectivity index is 1.54. The minimum Gasteiger partial charge on any atom is -0.378 e. The Morgan fingerprint density at radius 2 is 2.23 bits per heavy atom. The van der Waals surface area contributed by atoms with Crippen LogP contribution in [0.1, 0.15) is 66.1 Å². The van der Waals surface area contributed by atoms with Crippen molar-refractivity contribution in [2.75, 3.05) is 13.1 Å². The van der Waals surface area contributed by atoms with Crippen LogP contribution in [0.15, 0.2) is 10.6 Å². The SMILES string of the molecule is Cc1cc(CCCC(=O)N2CC[C@@](O)(c3nc(C(C)C)no3)C2)c(C)s1. The number of thiophene rings is 1. The van der Waals surface area contributed by atoms with Crippen molar-refractivity contribution < 1.29 is 14.4 Å². The van der Waals surface area contributed by atoms with Crippen molar-refractivity contribution in [2.24, 2.45) is 0 Å². The molecule has 0 aliphatic carbocycles. The van der Waals surface area contributed by atoms with E-state index in [1.54, 1.807) is 16.2 Å². The average Bonchev–Trinajstić information content (AvgIpc) is 3.27. The molecule has 1 N–H and O–H groups in total. The molecule has 1 aliphatic rings. The second kappa shape index (κ2) is 7.48. The molecule has 2 aromatic heterocycles. The number of rotatable bonds is 6. The molecule has 1 fully saturated rings. The summed E-state index contributed by atoms with van der Waals surface area (Å²) < 4.78 is 5.25. The number of likely N-dealkylation sites (tertiary alicyclic amines) is 1. The van der Waals surface area contributed by atoms with Gasteiger partial charge in [-0.2, -0.15) is 4.98 Å². The minimum absolute atomic E-state index is 0.0779. The van der Waals surface area contributed by atoms with Gasteiger partial charge in [-0.1, -0.05) is 19.0 Å². The Bertz CT molecular complexity index is 783. The van der Waals surface area contributed by atoms with E-state index < -0.39 is 5.60 Å². The Labute approximate surface area is 158 Å². The first-order valence-corrected chi connectivity index (χ1v) is 10.0. The van der Waals surface area contributed by atoms with Gasteiger partial charge in [0, 0.05) is 35.1 Å². The zero-order valence-electron chi connectivity index (χ0n) is 15.9. The van der Waals surface area contributed by atoms with Crippen LogP contribution in [-0.4, -0.2) is 39.1 Å². The minimum atomic E-state index is -1.23. The first-order valence-electron chi connectivity index (χ1n) is 9.18. The van der Waals surface area contributed by atoms with Crippen molar-refractivity contribution in [3.8, 4) is 0 Å². The number of hydrogen-bond donors (Lipinski definition) is 1. The molecule has 0 bridgehead atoms. The summed E-state index contributed by atoms with van der Waals surface area (Å²) in [6.07, 6.45) is 2.66. The molecule has 1 aliphatic heterocycles. The van der Waals surface area contributed by atoms with Gasteiger partial charge in [0.05, 0.1) is 6.54 Å². The summed E-state index contributed by atoms with van der Waals surface area (Å²) in [5.74, 6) is 1.02. The van der Waals surface area contributed by atoms with E-state index in [4.69, 9.17) is 4.52 Å². The van der Waals surface area contributed by atoms with Crippen LogP contribution in [-0.2, 0) is 16.8 Å². The van der Waals surface area contributed by atoms with Gasteiger partial charge in [0.2, 0.25) is 5.91 Å². The molecule has 7 heteroatoms. The summed E-state index contributed by atoms with van der Waals surface area (Å²) in [7, 11) is 0. The predicted octanol–water partition coefficient (Wildman–Crippen LogP) is 3.31. The second-order valence-corrected chi connectivity index (χ2v) is 8.96.